The van der Waals surface area contributed by atoms with E-state index in [2.05, 4.69) is 10.3 Å². The molecule has 0 spiro atoms. The van der Waals surface area contributed by atoms with E-state index in [0.29, 0.717) is 24.4 Å². The number of fused-ring (bicyclic) bond motifs is 2. The van der Waals surface area contributed by atoms with Crippen molar-refractivity contribution in [1.82, 2.24) is 4.98 Å². The topological polar surface area (TPSA) is 59.1 Å². The first-order valence-corrected chi connectivity index (χ1v) is 7.69. The zero-order valence-corrected chi connectivity index (χ0v) is 12.1. The highest BCUT2D eigenvalue weighted by Crippen LogP contribution is 2.43. The lowest BCUT2D eigenvalue weighted by Gasteiger charge is -2.23. The first-order valence-electron chi connectivity index (χ1n) is 6.21. The van der Waals surface area contributed by atoms with Crippen LogP contribution in [0.15, 0.2) is 40.3 Å². The Morgan fingerprint density at radius 3 is 2.08 bits per heavy atom. The predicted octanol–water partition coefficient (Wildman–Crippen LogP) is 4.01. The van der Waals surface area contributed by atoms with E-state index in [1.807, 2.05) is 0 Å². The van der Waals surface area contributed by atoms with E-state index in [0.717, 1.165) is 6.07 Å². The van der Waals surface area contributed by atoms with Gasteiger partial charge in [0.2, 0.25) is 9.84 Å². The van der Waals surface area contributed by atoms with Gasteiger partial charge in [0, 0.05) is 0 Å². The number of nitrogens with one attached hydrogen (secondary N) is 1. The van der Waals surface area contributed by atoms with Gasteiger partial charge in [-0.15, -0.1) is 0 Å². The monoisotopic (exact) mass is 368 g/mol. The lowest BCUT2D eigenvalue weighted by atomic mass is 10.2. The Labute approximate surface area is 131 Å². The van der Waals surface area contributed by atoms with Crippen molar-refractivity contribution >= 4 is 21.2 Å². The maximum absolute atomic E-state index is 12.8. The fraction of sp³-hybridized carbons (Fsp3) is 0.154. The summed E-state index contributed by atoms with van der Waals surface area (Å²) >= 11 is 0. The van der Waals surface area contributed by atoms with Crippen LogP contribution in [0.5, 0.6) is 0 Å². The van der Waals surface area contributed by atoms with E-state index in [4.69, 9.17) is 0 Å². The molecule has 1 aliphatic rings. The molecule has 1 aromatic heterocycles. The van der Waals surface area contributed by atoms with Gasteiger partial charge < -0.3 is 5.32 Å². The molecule has 4 nitrogen and oxygen atoms in total. The molecule has 3 rings (SSSR count). The molecule has 1 N–H and O–H groups in total. The molecular weight excluding hydrogens is 362 g/mol. The third-order valence-corrected chi connectivity index (χ3v) is 5.15. The summed E-state index contributed by atoms with van der Waals surface area (Å²) in [5.74, 6) is 0. The Kier molecular flexibility index (Phi) is 3.35. The quantitative estimate of drug-likeness (QED) is 0.609. The van der Waals surface area contributed by atoms with Crippen molar-refractivity contribution < 1.29 is 34.8 Å². The van der Waals surface area contributed by atoms with Gasteiger partial charge in [0.1, 0.15) is 5.69 Å². The molecule has 0 amide bonds. The number of pyridine rings is 1. The fourth-order valence-corrected chi connectivity index (χ4v) is 3.78. The average molecular weight is 368 g/mol. The largest absolute Gasteiger partial charge is 0.433 e. The summed E-state index contributed by atoms with van der Waals surface area (Å²) in [6, 6.07) is 2.25. The zero-order valence-electron chi connectivity index (χ0n) is 11.3. The molecule has 0 atom stereocenters. The number of benzene rings is 1. The van der Waals surface area contributed by atoms with E-state index in [-0.39, 0.29) is 11.4 Å². The number of halogens is 6. The van der Waals surface area contributed by atoms with Gasteiger partial charge in [-0.3, -0.25) is 0 Å². The van der Waals surface area contributed by atoms with Gasteiger partial charge in [0.25, 0.3) is 0 Å². The molecule has 0 saturated carbocycles. The first kappa shape index (κ1) is 16.6. The second-order valence-electron chi connectivity index (χ2n) is 4.90. The van der Waals surface area contributed by atoms with Crippen molar-refractivity contribution in [2.75, 3.05) is 5.32 Å². The van der Waals surface area contributed by atoms with Crippen LogP contribution >= 0.6 is 0 Å². The number of sulfone groups is 1. The summed E-state index contributed by atoms with van der Waals surface area (Å²) in [6.07, 6.45) is -9.00. The van der Waals surface area contributed by atoms with Crippen LogP contribution in [-0.4, -0.2) is 13.4 Å². The minimum Gasteiger partial charge on any atom is -0.352 e. The highest BCUT2D eigenvalue weighted by molar-refractivity contribution is 7.92. The van der Waals surface area contributed by atoms with Gasteiger partial charge in [-0.25, -0.2) is 13.4 Å². The number of aromatic nitrogens is 1. The molecular formula is C13H6F6N2O2S. The van der Waals surface area contributed by atoms with Crippen LogP contribution in [0.25, 0.3) is 0 Å². The Morgan fingerprint density at radius 1 is 0.875 bits per heavy atom. The number of rotatable bonds is 0. The van der Waals surface area contributed by atoms with Crippen LogP contribution < -0.4 is 5.32 Å². The van der Waals surface area contributed by atoms with Gasteiger partial charge in [-0.1, -0.05) is 0 Å². The standard InChI is InChI=1S/C13H6F6N2O2S/c14-12(15,16)6-1-2-7-9(3-6)24(22,23)10-4-11(13(17,18)19)20-5-8(10)21-7/h1-5,21H. The van der Waals surface area contributed by atoms with Crippen molar-refractivity contribution in [3.05, 3.63) is 41.7 Å². The zero-order chi connectivity index (χ0) is 17.9. The number of nitrogens with zero attached hydrogens (tertiary/aromatic N) is 1. The van der Waals surface area contributed by atoms with E-state index < -0.39 is 43.2 Å². The number of alkyl halides is 6. The van der Waals surface area contributed by atoms with E-state index in [9.17, 15) is 34.8 Å². The highest BCUT2D eigenvalue weighted by Gasteiger charge is 2.39. The number of hydrogen-bond acceptors (Lipinski definition) is 4. The van der Waals surface area contributed by atoms with E-state index in [1.165, 1.54) is 0 Å². The summed E-state index contributed by atoms with van der Waals surface area (Å²) < 4.78 is 101. The Hall–Kier alpha value is -2.30. The van der Waals surface area contributed by atoms with Crippen LogP contribution in [0.1, 0.15) is 11.3 Å². The van der Waals surface area contributed by atoms with Gasteiger partial charge >= 0.3 is 12.4 Å². The summed E-state index contributed by atoms with van der Waals surface area (Å²) in [5.41, 5.74) is -3.09. The minimum atomic E-state index is -4.89. The second-order valence-corrected chi connectivity index (χ2v) is 6.79. The number of anilines is 2. The average Bonchev–Trinajstić information content (AvgIpc) is 2.44. The van der Waals surface area contributed by atoms with Crippen LogP contribution in [0.3, 0.4) is 0 Å². The highest BCUT2D eigenvalue weighted by atomic mass is 32.2. The van der Waals surface area contributed by atoms with E-state index >= 15 is 0 Å². The minimum absolute atomic E-state index is 0.169. The molecule has 0 unspecified atom stereocenters. The van der Waals surface area contributed by atoms with Crippen molar-refractivity contribution in [3.8, 4) is 0 Å². The van der Waals surface area contributed by atoms with Crippen LogP contribution in [0.4, 0.5) is 37.7 Å². The van der Waals surface area contributed by atoms with Gasteiger partial charge in [0.05, 0.1) is 32.9 Å². The normalized spacial score (nSPS) is 16.1. The number of hydrogen-bond donors (Lipinski definition) is 1. The summed E-state index contributed by atoms with van der Waals surface area (Å²) in [6.45, 7) is 0. The van der Waals surface area contributed by atoms with Crippen LogP contribution in [0, 0.1) is 0 Å². The molecule has 0 bridgehead atoms. The van der Waals surface area contributed by atoms with Crippen molar-refractivity contribution in [2.24, 2.45) is 0 Å². The van der Waals surface area contributed by atoms with Crippen molar-refractivity contribution in [1.29, 1.82) is 0 Å². The lowest BCUT2D eigenvalue weighted by molar-refractivity contribution is -0.141. The molecule has 0 radical (unpaired) electrons. The smallest absolute Gasteiger partial charge is 0.352 e. The summed E-state index contributed by atoms with van der Waals surface area (Å²) in [4.78, 5) is 1.60. The molecule has 128 valence electrons. The Bertz CT molecular complexity index is 865. The summed E-state index contributed by atoms with van der Waals surface area (Å²) in [5, 5.41) is 2.48. The van der Waals surface area contributed by atoms with Crippen LogP contribution in [-0.2, 0) is 22.2 Å². The molecule has 0 aliphatic carbocycles. The molecule has 2 heterocycles. The van der Waals surface area contributed by atoms with Gasteiger partial charge in [0.15, 0.2) is 0 Å². The summed E-state index contributed by atoms with van der Waals surface area (Å²) in [7, 11) is -4.57. The van der Waals surface area contributed by atoms with Crippen molar-refractivity contribution in [2.45, 2.75) is 22.1 Å². The Balaban J connectivity index is 2.22. The fourth-order valence-electron chi connectivity index (χ4n) is 2.20. The third kappa shape index (κ3) is 2.58. The first-order chi connectivity index (χ1) is 10.9. The van der Waals surface area contributed by atoms with Gasteiger partial charge in [-0.2, -0.15) is 26.3 Å². The molecule has 1 aromatic carbocycles. The molecule has 1 aliphatic heterocycles. The van der Waals surface area contributed by atoms with Crippen molar-refractivity contribution in [3.63, 3.8) is 0 Å². The SMILES string of the molecule is O=S1(=O)c2cc(C(F)(F)F)ccc2Nc2cnc(C(F)(F)F)cc21. The maximum Gasteiger partial charge on any atom is 0.433 e. The second kappa shape index (κ2) is 4.85. The Morgan fingerprint density at radius 2 is 1.50 bits per heavy atom. The molecule has 11 heteroatoms. The predicted molar refractivity (Wildman–Crippen MR) is 69.4 cm³/mol. The molecule has 0 fully saturated rings. The lowest BCUT2D eigenvalue weighted by Crippen LogP contribution is -2.18. The molecule has 2 aromatic rings. The maximum atomic E-state index is 12.8. The molecule has 24 heavy (non-hydrogen) atoms. The third-order valence-electron chi connectivity index (χ3n) is 3.31. The van der Waals surface area contributed by atoms with Gasteiger partial charge in [-0.05, 0) is 24.3 Å². The van der Waals surface area contributed by atoms with Crippen LogP contribution in [0.2, 0.25) is 0 Å². The van der Waals surface area contributed by atoms with E-state index in [1.54, 1.807) is 0 Å². The molecule has 0 saturated heterocycles.